The maximum atomic E-state index is 12.4. The van der Waals surface area contributed by atoms with Crippen molar-refractivity contribution in [1.82, 2.24) is 9.78 Å². The van der Waals surface area contributed by atoms with Crippen molar-refractivity contribution in [2.24, 2.45) is 0 Å². The SMILES string of the molecule is O=C1C[C@@H](c2ccc3ccccc3c2)c2cnn(-c3cccc(Cl)c3)c2N1. The third-order valence-corrected chi connectivity index (χ3v) is 5.28. The maximum absolute atomic E-state index is 12.4. The number of amides is 1. The number of nitrogens with zero attached hydrogens (tertiary/aromatic N) is 2. The van der Waals surface area contributed by atoms with Crippen molar-refractivity contribution in [3.8, 4) is 5.69 Å². The van der Waals surface area contributed by atoms with Crippen LogP contribution < -0.4 is 5.32 Å². The first-order valence-electron chi connectivity index (χ1n) is 8.81. The Balaban J connectivity index is 1.63. The van der Waals surface area contributed by atoms with E-state index in [1.54, 1.807) is 4.68 Å². The molecule has 0 fully saturated rings. The number of carbonyl (C=O) groups excluding carboxylic acids is 1. The molecule has 3 aromatic carbocycles. The predicted molar refractivity (Wildman–Crippen MR) is 108 cm³/mol. The van der Waals surface area contributed by atoms with Crippen LogP contribution in [0.15, 0.2) is 72.9 Å². The summed E-state index contributed by atoms with van der Waals surface area (Å²) >= 11 is 6.13. The Kier molecular flexibility index (Phi) is 3.73. The van der Waals surface area contributed by atoms with Crippen molar-refractivity contribution in [1.29, 1.82) is 0 Å². The topological polar surface area (TPSA) is 46.9 Å². The van der Waals surface area contributed by atoms with Crippen LogP contribution in [-0.2, 0) is 4.79 Å². The van der Waals surface area contributed by atoms with E-state index in [0.29, 0.717) is 17.3 Å². The van der Waals surface area contributed by atoms with E-state index in [9.17, 15) is 4.79 Å². The predicted octanol–water partition coefficient (Wildman–Crippen LogP) is 5.15. The fraction of sp³-hybridized carbons (Fsp3) is 0.0909. The zero-order chi connectivity index (χ0) is 18.4. The summed E-state index contributed by atoms with van der Waals surface area (Å²) in [6, 6.07) is 22.1. The summed E-state index contributed by atoms with van der Waals surface area (Å²) in [5.74, 6) is 0.683. The van der Waals surface area contributed by atoms with Gasteiger partial charge < -0.3 is 5.32 Å². The smallest absolute Gasteiger partial charge is 0.226 e. The quantitative estimate of drug-likeness (QED) is 0.528. The first-order valence-corrected chi connectivity index (χ1v) is 9.19. The molecule has 1 aliphatic rings. The van der Waals surface area contributed by atoms with Crippen LogP contribution in [0.2, 0.25) is 5.02 Å². The Bertz CT molecular complexity index is 1180. The van der Waals surface area contributed by atoms with Gasteiger partial charge in [0.05, 0.1) is 11.9 Å². The Morgan fingerprint density at radius 2 is 1.85 bits per heavy atom. The minimum atomic E-state index is -0.0220. The normalized spacial score (nSPS) is 16.2. The Hall–Kier alpha value is -3.11. The van der Waals surface area contributed by atoms with Gasteiger partial charge in [-0.2, -0.15) is 5.10 Å². The molecule has 4 aromatic rings. The van der Waals surface area contributed by atoms with Gasteiger partial charge in [-0.1, -0.05) is 60.1 Å². The third kappa shape index (κ3) is 2.78. The van der Waals surface area contributed by atoms with Gasteiger partial charge in [0.25, 0.3) is 0 Å². The Labute approximate surface area is 161 Å². The van der Waals surface area contributed by atoms with E-state index in [4.69, 9.17) is 11.6 Å². The molecule has 0 radical (unpaired) electrons. The Morgan fingerprint density at radius 1 is 1.00 bits per heavy atom. The zero-order valence-corrected chi connectivity index (χ0v) is 15.1. The molecule has 1 aromatic heterocycles. The standard InChI is InChI=1S/C22H16ClN3O/c23-17-6-3-7-18(11-17)26-22-20(13-24-26)19(12-21(27)25-22)16-9-8-14-4-1-2-5-15(14)10-16/h1-11,13,19H,12H2,(H,25,27)/t19-/m0/s1. The lowest BCUT2D eigenvalue weighted by Gasteiger charge is -2.24. The van der Waals surface area contributed by atoms with Crippen molar-refractivity contribution >= 4 is 34.1 Å². The summed E-state index contributed by atoms with van der Waals surface area (Å²) in [6.45, 7) is 0. The van der Waals surface area contributed by atoms with Crippen LogP contribution in [0.25, 0.3) is 16.5 Å². The number of hydrogen-bond donors (Lipinski definition) is 1. The van der Waals surface area contributed by atoms with Gasteiger partial charge >= 0.3 is 0 Å². The lowest BCUT2D eigenvalue weighted by atomic mass is 9.86. The molecule has 4 nitrogen and oxygen atoms in total. The van der Waals surface area contributed by atoms with E-state index in [1.807, 2.05) is 42.6 Å². The lowest BCUT2D eigenvalue weighted by molar-refractivity contribution is -0.116. The molecule has 0 aliphatic carbocycles. The van der Waals surface area contributed by atoms with E-state index < -0.39 is 0 Å². The molecule has 132 valence electrons. The average Bonchev–Trinajstić information content (AvgIpc) is 3.10. The molecule has 1 atom stereocenters. The van der Waals surface area contributed by atoms with Crippen LogP contribution >= 0.6 is 11.6 Å². The van der Waals surface area contributed by atoms with Gasteiger partial charge in [0.2, 0.25) is 5.91 Å². The monoisotopic (exact) mass is 373 g/mol. The Morgan fingerprint density at radius 3 is 2.70 bits per heavy atom. The summed E-state index contributed by atoms with van der Waals surface area (Å²) in [4.78, 5) is 12.4. The first kappa shape index (κ1) is 16.1. The maximum Gasteiger partial charge on any atom is 0.226 e. The van der Waals surface area contributed by atoms with Crippen LogP contribution in [-0.4, -0.2) is 15.7 Å². The van der Waals surface area contributed by atoms with Crippen molar-refractivity contribution < 1.29 is 4.79 Å². The van der Waals surface area contributed by atoms with E-state index in [2.05, 4.69) is 40.7 Å². The average molecular weight is 374 g/mol. The molecule has 27 heavy (non-hydrogen) atoms. The molecule has 0 unspecified atom stereocenters. The van der Waals surface area contributed by atoms with Crippen LogP contribution in [0.4, 0.5) is 5.82 Å². The fourth-order valence-corrected chi connectivity index (χ4v) is 3.93. The van der Waals surface area contributed by atoms with Crippen molar-refractivity contribution in [2.45, 2.75) is 12.3 Å². The van der Waals surface area contributed by atoms with Crippen LogP contribution in [0.1, 0.15) is 23.5 Å². The zero-order valence-electron chi connectivity index (χ0n) is 14.4. The number of aromatic nitrogens is 2. The largest absolute Gasteiger partial charge is 0.310 e. The van der Waals surface area contributed by atoms with Gasteiger partial charge in [-0.25, -0.2) is 4.68 Å². The van der Waals surface area contributed by atoms with Gasteiger partial charge in [0.1, 0.15) is 5.82 Å². The van der Waals surface area contributed by atoms with Crippen LogP contribution in [0.3, 0.4) is 0 Å². The molecule has 5 heteroatoms. The number of nitrogens with one attached hydrogen (secondary N) is 1. The molecular formula is C22H16ClN3O. The molecule has 1 amide bonds. The highest BCUT2D eigenvalue weighted by atomic mass is 35.5. The van der Waals surface area contributed by atoms with E-state index in [1.165, 1.54) is 10.8 Å². The number of hydrogen-bond acceptors (Lipinski definition) is 2. The second-order valence-corrected chi connectivity index (χ2v) is 7.19. The molecule has 0 bridgehead atoms. The van der Waals surface area contributed by atoms with Crippen molar-refractivity contribution in [3.63, 3.8) is 0 Å². The summed E-state index contributed by atoms with van der Waals surface area (Å²) in [5, 5.41) is 10.5. The van der Waals surface area contributed by atoms with Gasteiger partial charge in [-0.3, -0.25) is 4.79 Å². The minimum Gasteiger partial charge on any atom is -0.310 e. The molecule has 0 saturated heterocycles. The summed E-state index contributed by atoms with van der Waals surface area (Å²) in [6.07, 6.45) is 2.25. The van der Waals surface area contributed by atoms with Gasteiger partial charge in [-0.15, -0.1) is 0 Å². The van der Waals surface area contributed by atoms with Crippen molar-refractivity contribution in [3.05, 3.63) is 89.1 Å². The number of anilines is 1. The number of halogens is 1. The molecule has 1 aliphatic heterocycles. The number of carbonyl (C=O) groups is 1. The molecule has 0 saturated carbocycles. The highest BCUT2D eigenvalue weighted by Gasteiger charge is 2.30. The highest BCUT2D eigenvalue weighted by molar-refractivity contribution is 6.30. The minimum absolute atomic E-state index is 0.00978. The molecule has 1 N–H and O–H groups in total. The summed E-state index contributed by atoms with van der Waals surface area (Å²) in [5.41, 5.74) is 2.96. The van der Waals surface area contributed by atoms with E-state index in [-0.39, 0.29) is 11.8 Å². The first-order chi connectivity index (χ1) is 13.2. The molecular weight excluding hydrogens is 358 g/mol. The molecule has 0 spiro atoms. The van der Waals surface area contributed by atoms with E-state index in [0.717, 1.165) is 16.8 Å². The van der Waals surface area contributed by atoms with Gasteiger partial charge in [0, 0.05) is 22.9 Å². The second kappa shape index (κ2) is 6.25. The lowest BCUT2D eigenvalue weighted by Crippen LogP contribution is -2.24. The number of fused-ring (bicyclic) bond motifs is 2. The number of rotatable bonds is 2. The van der Waals surface area contributed by atoms with E-state index >= 15 is 0 Å². The third-order valence-electron chi connectivity index (χ3n) is 5.05. The highest BCUT2D eigenvalue weighted by Crippen LogP contribution is 2.39. The fourth-order valence-electron chi connectivity index (χ4n) is 3.75. The van der Waals surface area contributed by atoms with Crippen LogP contribution in [0.5, 0.6) is 0 Å². The summed E-state index contributed by atoms with van der Waals surface area (Å²) < 4.78 is 1.74. The second-order valence-electron chi connectivity index (χ2n) is 6.75. The molecule has 2 heterocycles. The van der Waals surface area contributed by atoms with Gasteiger partial charge in [-0.05, 0) is 34.5 Å². The number of benzene rings is 3. The van der Waals surface area contributed by atoms with Gasteiger partial charge in [0.15, 0.2) is 0 Å². The summed E-state index contributed by atoms with van der Waals surface area (Å²) in [7, 11) is 0. The van der Waals surface area contributed by atoms with Crippen LogP contribution in [0, 0.1) is 0 Å². The molecule has 5 rings (SSSR count). The van der Waals surface area contributed by atoms with Crippen molar-refractivity contribution in [2.75, 3.05) is 5.32 Å².